The zero-order valence-electron chi connectivity index (χ0n) is 14.6. The number of benzene rings is 2. The van der Waals surface area contributed by atoms with Gasteiger partial charge in [0.15, 0.2) is 0 Å². The van der Waals surface area contributed by atoms with Crippen LogP contribution in [0.3, 0.4) is 0 Å². The Morgan fingerprint density at radius 1 is 1.26 bits per heavy atom. The lowest BCUT2D eigenvalue weighted by Crippen LogP contribution is -2.44. The van der Waals surface area contributed by atoms with Gasteiger partial charge >= 0.3 is 6.03 Å². The first-order chi connectivity index (χ1) is 13.3. The highest BCUT2D eigenvalue weighted by Crippen LogP contribution is 2.24. The van der Waals surface area contributed by atoms with E-state index in [0.29, 0.717) is 24.7 Å². The maximum absolute atomic E-state index is 12.3. The Morgan fingerprint density at radius 3 is 3.07 bits per heavy atom. The Hall–Kier alpha value is -3.06. The van der Waals surface area contributed by atoms with Crippen LogP contribution in [0.25, 0.3) is 0 Å². The van der Waals surface area contributed by atoms with Crippen LogP contribution in [0.5, 0.6) is 11.5 Å². The molecule has 6 nitrogen and oxygen atoms in total. The summed E-state index contributed by atoms with van der Waals surface area (Å²) >= 11 is 1.53. The molecule has 1 aliphatic heterocycles. The monoisotopic (exact) mass is 381 g/mol. The van der Waals surface area contributed by atoms with E-state index in [9.17, 15) is 4.79 Å². The first-order valence-corrected chi connectivity index (χ1v) is 9.59. The van der Waals surface area contributed by atoms with Gasteiger partial charge in [0.05, 0.1) is 17.2 Å². The molecule has 0 saturated heterocycles. The molecule has 2 aromatic carbocycles. The zero-order chi connectivity index (χ0) is 18.5. The third-order valence-corrected chi connectivity index (χ3v) is 4.81. The summed E-state index contributed by atoms with van der Waals surface area (Å²) in [6.07, 6.45) is 0.750. The number of carbonyl (C=O) groups is 1. The maximum Gasteiger partial charge on any atom is 0.319 e. The molecule has 0 radical (unpaired) electrons. The summed E-state index contributed by atoms with van der Waals surface area (Å²) < 4.78 is 11.4. The zero-order valence-corrected chi connectivity index (χ0v) is 15.4. The molecule has 1 aliphatic rings. The van der Waals surface area contributed by atoms with E-state index in [-0.39, 0.29) is 12.1 Å². The van der Waals surface area contributed by atoms with Crippen molar-refractivity contribution in [3.63, 3.8) is 0 Å². The van der Waals surface area contributed by atoms with Gasteiger partial charge in [0.1, 0.15) is 24.7 Å². The van der Waals surface area contributed by atoms with Crippen LogP contribution in [-0.4, -0.2) is 23.7 Å². The number of aromatic nitrogens is 1. The van der Waals surface area contributed by atoms with Crippen molar-refractivity contribution in [2.45, 2.75) is 19.1 Å². The van der Waals surface area contributed by atoms with Gasteiger partial charge in [0.2, 0.25) is 0 Å². The number of nitrogens with zero attached hydrogens (tertiary/aromatic N) is 1. The number of fused-ring (bicyclic) bond motifs is 1. The van der Waals surface area contributed by atoms with Crippen LogP contribution in [0.2, 0.25) is 0 Å². The van der Waals surface area contributed by atoms with Crippen LogP contribution < -0.4 is 20.1 Å². The van der Waals surface area contributed by atoms with E-state index < -0.39 is 0 Å². The molecule has 2 N–H and O–H groups in total. The SMILES string of the molecule is O=C(Nc1cccc(OCc2cscn2)c1)NC1COc2ccccc2C1. The summed E-state index contributed by atoms with van der Waals surface area (Å²) in [5, 5.41) is 7.75. The highest BCUT2D eigenvalue weighted by atomic mass is 32.1. The summed E-state index contributed by atoms with van der Waals surface area (Å²) in [7, 11) is 0. The maximum atomic E-state index is 12.3. The van der Waals surface area contributed by atoms with Crippen molar-refractivity contribution in [3.05, 3.63) is 70.7 Å². The lowest BCUT2D eigenvalue weighted by molar-refractivity contribution is 0.222. The van der Waals surface area contributed by atoms with Crippen LogP contribution >= 0.6 is 11.3 Å². The summed E-state index contributed by atoms with van der Waals surface area (Å²) in [6.45, 7) is 0.860. The van der Waals surface area contributed by atoms with Crippen LogP contribution in [0, 0.1) is 0 Å². The molecule has 3 aromatic rings. The van der Waals surface area contributed by atoms with Crippen LogP contribution in [0.4, 0.5) is 10.5 Å². The Bertz CT molecular complexity index is 914. The van der Waals surface area contributed by atoms with Crippen LogP contribution in [0.1, 0.15) is 11.3 Å². The van der Waals surface area contributed by atoms with Gasteiger partial charge in [-0.2, -0.15) is 0 Å². The molecule has 2 amide bonds. The normalized spacial score (nSPS) is 15.3. The molecule has 2 heterocycles. The molecule has 0 spiro atoms. The number of para-hydroxylation sites is 1. The average Bonchev–Trinajstić information content (AvgIpc) is 3.20. The van der Waals surface area contributed by atoms with Crippen molar-refractivity contribution in [2.24, 2.45) is 0 Å². The number of carbonyl (C=O) groups excluding carboxylic acids is 1. The van der Waals surface area contributed by atoms with E-state index in [4.69, 9.17) is 9.47 Å². The summed E-state index contributed by atoms with van der Waals surface area (Å²) in [4.78, 5) is 16.5. The third kappa shape index (κ3) is 4.57. The Kier molecular flexibility index (Phi) is 5.20. The molecule has 27 heavy (non-hydrogen) atoms. The van der Waals surface area contributed by atoms with Crippen molar-refractivity contribution in [3.8, 4) is 11.5 Å². The second kappa shape index (κ2) is 8.09. The fourth-order valence-corrected chi connectivity index (χ4v) is 3.45. The Balaban J connectivity index is 1.31. The number of hydrogen-bond acceptors (Lipinski definition) is 5. The smallest absolute Gasteiger partial charge is 0.319 e. The van der Waals surface area contributed by atoms with Crippen molar-refractivity contribution in [2.75, 3.05) is 11.9 Å². The van der Waals surface area contributed by atoms with E-state index in [0.717, 1.165) is 23.4 Å². The second-order valence-corrected chi connectivity index (χ2v) is 6.93. The fraction of sp³-hybridized carbons (Fsp3) is 0.200. The summed E-state index contributed by atoms with van der Waals surface area (Å²) in [5.41, 5.74) is 4.43. The quantitative estimate of drug-likeness (QED) is 0.704. The van der Waals surface area contributed by atoms with E-state index in [1.165, 1.54) is 11.3 Å². The van der Waals surface area contributed by atoms with Crippen molar-refractivity contribution in [1.29, 1.82) is 0 Å². The van der Waals surface area contributed by atoms with Crippen molar-refractivity contribution >= 4 is 23.1 Å². The lowest BCUT2D eigenvalue weighted by Gasteiger charge is -2.26. The second-order valence-electron chi connectivity index (χ2n) is 6.21. The third-order valence-electron chi connectivity index (χ3n) is 4.18. The molecule has 7 heteroatoms. The van der Waals surface area contributed by atoms with E-state index in [1.54, 1.807) is 11.6 Å². The van der Waals surface area contributed by atoms with Gasteiger partial charge in [-0.3, -0.25) is 0 Å². The number of hydrogen-bond donors (Lipinski definition) is 2. The van der Waals surface area contributed by atoms with Gasteiger partial charge < -0.3 is 20.1 Å². The number of rotatable bonds is 5. The number of amides is 2. The average molecular weight is 381 g/mol. The minimum Gasteiger partial charge on any atom is -0.491 e. The topological polar surface area (TPSA) is 72.5 Å². The molecule has 0 bridgehead atoms. The van der Waals surface area contributed by atoms with E-state index in [1.807, 2.05) is 47.8 Å². The van der Waals surface area contributed by atoms with Gasteiger partial charge in [0, 0.05) is 17.1 Å². The van der Waals surface area contributed by atoms with E-state index >= 15 is 0 Å². The molecule has 1 aromatic heterocycles. The molecule has 138 valence electrons. The van der Waals surface area contributed by atoms with Gasteiger partial charge in [0.25, 0.3) is 0 Å². The summed E-state index contributed by atoms with van der Waals surface area (Å²) in [5.74, 6) is 1.57. The summed E-state index contributed by atoms with van der Waals surface area (Å²) in [6, 6.07) is 14.9. The highest BCUT2D eigenvalue weighted by molar-refractivity contribution is 7.07. The fourth-order valence-electron chi connectivity index (χ4n) is 2.90. The number of anilines is 1. The van der Waals surface area contributed by atoms with Gasteiger partial charge in [-0.15, -0.1) is 11.3 Å². The molecule has 0 fully saturated rings. The number of urea groups is 1. The minimum absolute atomic E-state index is 0.0657. The van der Waals surface area contributed by atoms with Gasteiger partial charge in [-0.25, -0.2) is 9.78 Å². The minimum atomic E-state index is -0.264. The van der Waals surface area contributed by atoms with Crippen molar-refractivity contribution in [1.82, 2.24) is 10.3 Å². The number of thiazole rings is 1. The van der Waals surface area contributed by atoms with Gasteiger partial charge in [-0.05, 0) is 30.2 Å². The molecular weight excluding hydrogens is 362 g/mol. The first-order valence-electron chi connectivity index (χ1n) is 8.64. The molecule has 0 aliphatic carbocycles. The van der Waals surface area contributed by atoms with E-state index in [2.05, 4.69) is 15.6 Å². The molecule has 0 saturated carbocycles. The molecule has 1 unspecified atom stereocenters. The standard InChI is InChI=1S/C20H19N3O3S/c24-20(23-16-8-14-4-1-2-7-19(14)26-10-16)22-15-5-3-6-18(9-15)25-11-17-12-27-13-21-17/h1-7,9,12-13,16H,8,10-11H2,(H2,22,23,24). The first kappa shape index (κ1) is 17.4. The molecule has 1 atom stereocenters. The van der Waals surface area contributed by atoms with Gasteiger partial charge in [-0.1, -0.05) is 24.3 Å². The Labute approximate surface area is 161 Å². The predicted octanol–water partition coefficient (Wildman–Crippen LogP) is 3.85. The lowest BCUT2D eigenvalue weighted by atomic mass is 10.0. The van der Waals surface area contributed by atoms with Crippen LogP contribution in [-0.2, 0) is 13.0 Å². The predicted molar refractivity (Wildman–Crippen MR) is 104 cm³/mol. The number of ether oxygens (including phenoxy) is 2. The Morgan fingerprint density at radius 2 is 2.19 bits per heavy atom. The molecule has 4 rings (SSSR count). The van der Waals surface area contributed by atoms with Crippen molar-refractivity contribution < 1.29 is 14.3 Å². The largest absolute Gasteiger partial charge is 0.491 e. The molecular formula is C20H19N3O3S. The highest BCUT2D eigenvalue weighted by Gasteiger charge is 2.21. The number of nitrogens with one attached hydrogen (secondary N) is 2. The van der Waals surface area contributed by atoms with Crippen LogP contribution in [0.15, 0.2) is 59.4 Å².